The van der Waals surface area contributed by atoms with Gasteiger partial charge in [-0.3, -0.25) is 0 Å². The molecule has 0 aromatic heterocycles. The molecule has 0 saturated carbocycles. The number of hydrogen-bond acceptors (Lipinski definition) is 2. The van der Waals surface area contributed by atoms with Gasteiger partial charge in [0.15, 0.2) is 0 Å². The Morgan fingerprint density at radius 2 is 0.767 bits per heavy atom. The maximum Gasteiger partial charge on any atom is 0.0652 e. The molecule has 2 nitrogen and oxygen atoms in total. The van der Waals surface area contributed by atoms with Gasteiger partial charge in [-0.25, -0.2) is 5.01 Å². The van der Waals surface area contributed by atoms with Crippen LogP contribution in [0.5, 0.6) is 0 Å². The van der Waals surface area contributed by atoms with Crippen molar-refractivity contribution in [2.24, 2.45) is 5.10 Å². The molecule has 7 aromatic carbocycles. The first-order valence-corrected chi connectivity index (χ1v) is 14.6. The molecule has 0 bridgehead atoms. The third-order valence-electron chi connectivity index (χ3n) is 7.78. The average Bonchev–Trinajstić information content (AvgIpc) is 3.09. The summed E-state index contributed by atoms with van der Waals surface area (Å²) in [5.74, 6) is 0. The summed E-state index contributed by atoms with van der Waals surface area (Å²) < 4.78 is 0. The maximum absolute atomic E-state index is 5.18. The van der Waals surface area contributed by atoms with Crippen molar-refractivity contribution >= 4 is 50.8 Å². The fourth-order valence-electron chi connectivity index (χ4n) is 5.74. The van der Waals surface area contributed by atoms with Gasteiger partial charge >= 0.3 is 0 Å². The molecule has 0 aliphatic rings. The second kappa shape index (κ2) is 12.0. The van der Waals surface area contributed by atoms with E-state index in [0.29, 0.717) is 0 Å². The molecular formula is C41H30N2. The molecule has 43 heavy (non-hydrogen) atoms. The first-order valence-electron chi connectivity index (χ1n) is 14.6. The lowest BCUT2D eigenvalue weighted by atomic mass is 9.88. The van der Waals surface area contributed by atoms with Gasteiger partial charge in [0.2, 0.25) is 0 Å². The van der Waals surface area contributed by atoms with Gasteiger partial charge in [-0.1, -0.05) is 146 Å². The van der Waals surface area contributed by atoms with Gasteiger partial charge in [0.25, 0.3) is 0 Å². The van der Waals surface area contributed by atoms with Crippen molar-refractivity contribution in [3.05, 3.63) is 192 Å². The first-order chi connectivity index (χ1) is 21.4. The predicted molar refractivity (Wildman–Crippen MR) is 184 cm³/mol. The van der Waals surface area contributed by atoms with Gasteiger partial charge in [0.1, 0.15) is 0 Å². The number of benzene rings is 7. The van der Waals surface area contributed by atoms with Crippen molar-refractivity contribution < 1.29 is 0 Å². The Balaban J connectivity index is 1.52. The number of hydrogen-bond donors (Lipinski definition) is 0. The quantitative estimate of drug-likeness (QED) is 0.0834. The minimum atomic E-state index is 1.00. The maximum atomic E-state index is 5.18. The summed E-state index contributed by atoms with van der Waals surface area (Å²) in [4.78, 5) is 0. The number of rotatable bonds is 7. The molecule has 7 aromatic rings. The van der Waals surface area contributed by atoms with Crippen LogP contribution in [0.3, 0.4) is 0 Å². The molecule has 0 amide bonds. The number of nitrogens with zero attached hydrogens (tertiary/aromatic N) is 2. The second-order valence-electron chi connectivity index (χ2n) is 10.4. The Hall–Kier alpha value is -5.73. The molecule has 204 valence electrons. The van der Waals surface area contributed by atoms with Crippen molar-refractivity contribution in [2.45, 2.75) is 0 Å². The summed E-state index contributed by atoms with van der Waals surface area (Å²) in [6.07, 6.45) is 4.38. The Morgan fingerprint density at radius 1 is 0.395 bits per heavy atom. The van der Waals surface area contributed by atoms with Crippen LogP contribution in [-0.2, 0) is 0 Å². The SMILES string of the molecule is C(=NN(c1ccccc1)c1ccccc1)c1c(C=C(c2ccccc2)c2ccccc2)c2ccccc2c2ccccc12. The molecule has 0 saturated heterocycles. The molecule has 0 radical (unpaired) electrons. The van der Waals surface area contributed by atoms with Crippen molar-refractivity contribution in [2.75, 3.05) is 5.01 Å². The first kappa shape index (κ1) is 26.2. The lowest BCUT2D eigenvalue weighted by Gasteiger charge is -2.20. The molecule has 0 heterocycles. The molecule has 0 spiro atoms. The normalized spacial score (nSPS) is 11.2. The van der Waals surface area contributed by atoms with Crippen molar-refractivity contribution in [1.29, 1.82) is 0 Å². The predicted octanol–water partition coefficient (Wildman–Crippen LogP) is 10.8. The molecule has 0 N–H and O–H groups in total. The Kier molecular flexibility index (Phi) is 7.32. The van der Waals surface area contributed by atoms with Crippen LogP contribution in [0.2, 0.25) is 0 Å². The Morgan fingerprint density at radius 3 is 1.23 bits per heavy atom. The zero-order valence-corrected chi connectivity index (χ0v) is 23.7. The largest absolute Gasteiger partial charge is 0.234 e. The van der Waals surface area contributed by atoms with Gasteiger partial charge in [-0.2, -0.15) is 5.10 Å². The highest BCUT2D eigenvalue weighted by atomic mass is 15.5. The van der Waals surface area contributed by atoms with E-state index in [1.807, 2.05) is 47.6 Å². The third-order valence-corrected chi connectivity index (χ3v) is 7.78. The lowest BCUT2D eigenvalue weighted by molar-refractivity contribution is 1.09. The minimum absolute atomic E-state index is 1.00. The van der Waals surface area contributed by atoms with Crippen LogP contribution in [0.15, 0.2) is 175 Å². The van der Waals surface area contributed by atoms with E-state index in [1.165, 1.54) is 32.9 Å². The van der Waals surface area contributed by atoms with Crippen molar-refractivity contribution in [1.82, 2.24) is 0 Å². The average molecular weight is 551 g/mol. The number of hydrazone groups is 1. The number of anilines is 2. The van der Waals surface area contributed by atoms with E-state index >= 15 is 0 Å². The van der Waals surface area contributed by atoms with Crippen LogP contribution in [-0.4, -0.2) is 6.21 Å². The fourth-order valence-corrected chi connectivity index (χ4v) is 5.74. The fraction of sp³-hybridized carbons (Fsp3) is 0. The van der Waals surface area contributed by atoms with Gasteiger partial charge in [-0.15, -0.1) is 0 Å². The zero-order valence-electron chi connectivity index (χ0n) is 23.7. The topological polar surface area (TPSA) is 15.6 Å². The van der Waals surface area contributed by atoms with Crippen molar-refractivity contribution in [3.63, 3.8) is 0 Å². The standard InChI is InChI=1S/C41H30N2/c1-5-17-31(18-6-1)39(32-19-7-2-8-20-32)29-40-37-27-15-13-25-35(37)36-26-14-16-28-38(36)41(40)30-42-43(33-21-9-3-10-22-33)34-23-11-4-12-24-34/h1-30H. The van der Waals surface area contributed by atoms with Crippen LogP contribution in [0.25, 0.3) is 33.2 Å². The van der Waals surface area contributed by atoms with E-state index in [0.717, 1.165) is 27.9 Å². The van der Waals surface area contributed by atoms with Crippen molar-refractivity contribution in [3.8, 4) is 0 Å². The molecule has 0 aliphatic carbocycles. The molecule has 0 unspecified atom stereocenters. The summed E-state index contributed by atoms with van der Waals surface area (Å²) >= 11 is 0. The van der Waals surface area contributed by atoms with Gasteiger partial charge < -0.3 is 0 Å². The van der Waals surface area contributed by atoms with E-state index < -0.39 is 0 Å². The highest BCUT2D eigenvalue weighted by Crippen LogP contribution is 2.36. The molecule has 7 rings (SSSR count). The van der Waals surface area contributed by atoms with Gasteiger partial charge in [-0.05, 0) is 74.1 Å². The number of para-hydroxylation sites is 2. The van der Waals surface area contributed by atoms with E-state index in [1.54, 1.807) is 0 Å². The van der Waals surface area contributed by atoms with Crippen LogP contribution in [0.4, 0.5) is 11.4 Å². The summed E-state index contributed by atoms with van der Waals surface area (Å²) in [7, 11) is 0. The van der Waals surface area contributed by atoms with E-state index in [-0.39, 0.29) is 0 Å². The summed E-state index contributed by atoms with van der Waals surface area (Å²) in [6.45, 7) is 0. The molecule has 0 aliphatic heterocycles. The van der Waals surface area contributed by atoms with E-state index in [2.05, 4.69) is 140 Å². The second-order valence-corrected chi connectivity index (χ2v) is 10.4. The van der Waals surface area contributed by atoms with Crippen LogP contribution in [0.1, 0.15) is 22.3 Å². The molecular weight excluding hydrogens is 520 g/mol. The summed E-state index contributed by atoms with van der Waals surface area (Å²) in [5, 5.41) is 12.0. The van der Waals surface area contributed by atoms with Gasteiger partial charge in [0.05, 0.1) is 17.6 Å². The Labute approximate surface area is 252 Å². The summed E-state index contributed by atoms with van der Waals surface area (Å²) in [5.41, 5.74) is 7.73. The molecule has 2 heteroatoms. The van der Waals surface area contributed by atoms with Crippen LogP contribution >= 0.6 is 0 Å². The Bertz CT molecular complexity index is 1970. The van der Waals surface area contributed by atoms with Gasteiger partial charge in [0, 0.05) is 5.56 Å². The minimum Gasteiger partial charge on any atom is -0.234 e. The molecule has 0 fully saturated rings. The highest BCUT2D eigenvalue weighted by Gasteiger charge is 2.15. The third kappa shape index (κ3) is 5.35. The lowest BCUT2D eigenvalue weighted by Crippen LogP contribution is -2.09. The molecule has 0 atom stereocenters. The van der Waals surface area contributed by atoms with Crippen LogP contribution < -0.4 is 5.01 Å². The number of fused-ring (bicyclic) bond motifs is 3. The van der Waals surface area contributed by atoms with Crippen LogP contribution in [0, 0.1) is 0 Å². The smallest absolute Gasteiger partial charge is 0.0652 e. The van der Waals surface area contributed by atoms with E-state index in [9.17, 15) is 0 Å². The monoisotopic (exact) mass is 550 g/mol. The van der Waals surface area contributed by atoms with E-state index in [4.69, 9.17) is 5.10 Å². The highest BCUT2D eigenvalue weighted by molar-refractivity contribution is 6.19. The summed E-state index contributed by atoms with van der Waals surface area (Å²) in [6, 6.07) is 59.2. The zero-order chi connectivity index (χ0) is 28.8.